The van der Waals surface area contributed by atoms with E-state index in [-0.39, 0.29) is 0 Å². The standard InChI is InChI=1S/C10H11N3/c1-13(2)10-4-3-8-5-6-11-7-9(8)12-10/h3-7H,1-2H3. The van der Waals surface area contributed by atoms with Crippen molar-refractivity contribution in [3.8, 4) is 0 Å². The summed E-state index contributed by atoms with van der Waals surface area (Å²) in [6, 6.07) is 6.02. The van der Waals surface area contributed by atoms with Crippen LogP contribution in [-0.4, -0.2) is 24.1 Å². The van der Waals surface area contributed by atoms with E-state index in [0.29, 0.717) is 0 Å². The number of hydrogen-bond acceptors (Lipinski definition) is 3. The second-order valence-corrected chi connectivity index (χ2v) is 3.13. The molecule has 3 nitrogen and oxygen atoms in total. The lowest BCUT2D eigenvalue weighted by Crippen LogP contribution is -2.10. The number of hydrogen-bond donors (Lipinski definition) is 0. The summed E-state index contributed by atoms with van der Waals surface area (Å²) in [6.07, 6.45) is 3.56. The van der Waals surface area contributed by atoms with E-state index >= 15 is 0 Å². The predicted molar refractivity (Wildman–Crippen MR) is 53.9 cm³/mol. The summed E-state index contributed by atoms with van der Waals surface area (Å²) in [6.45, 7) is 0. The molecule has 0 fully saturated rings. The molecule has 0 amide bonds. The van der Waals surface area contributed by atoms with Gasteiger partial charge in [-0.2, -0.15) is 0 Å². The molecule has 0 aliphatic heterocycles. The SMILES string of the molecule is CN(C)c1ccc2ccncc2n1. The van der Waals surface area contributed by atoms with Crippen molar-refractivity contribution in [1.29, 1.82) is 0 Å². The van der Waals surface area contributed by atoms with Gasteiger partial charge in [0.1, 0.15) is 5.82 Å². The van der Waals surface area contributed by atoms with Crippen molar-refractivity contribution < 1.29 is 0 Å². The number of nitrogens with zero attached hydrogens (tertiary/aromatic N) is 3. The Morgan fingerprint density at radius 3 is 2.77 bits per heavy atom. The minimum Gasteiger partial charge on any atom is -0.363 e. The van der Waals surface area contributed by atoms with E-state index in [2.05, 4.69) is 16.0 Å². The smallest absolute Gasteiger partial charge is 0.128 e. The van der Waals surface area contributed by atoms with Crippen molar-refractivity contribution in [3.05, 3.63) is 30.6 Å². The Labute approximate surface area is 77.0 Å². The number of anilines is 1. The number of fused-ring (bicyclic) bond motifs is 1. The number of rotatable bonds is 1. The molecule has 0 atom stereocenters. The lowest BCUT2D eigenvalue weighted by atomic mass is 10.2. The minimum atomic E-state index is 0.939. The van der Waals surface area contributed by atoms with Crippen LogP contribution in [0, 0.1) is 0 Å². The Balaban J connectivity index is 2.62. The third kappa shape index (κ3) is 1.45. The van der Waals surface area contributed by atoms with Gasteiger partial charge in [-0.1, -0.05) is 0 Å². The topological polar surface area (TPSA) is 29.0 Å². The predicted octanol–water partition coefficient (Wildman–Crippen LogP) is 1.70. The quantitative estimate of drug-likeness (QED) is 0.657. The largest absolute Gasteiger partial charge is 0.363 e. The van der Waals surface area contributed by atoms with Crippen LogP contribution < -0.4 is 4.90 Å². The zero-order valence-electron chi connectivity index (χ0n) is 7.73. The highest BCUT2D eigenvalue weighted by molar-refractivity contribution is 5.79. The summed E-state index contributed by atoms with van der Waals surface area (Å²) >= 11 is 0. The van der Waals surface area contributed by atoms with Crippen molar-refractivity contribution in [2.24, 2.45) is 0 Å². The lowest BCUT2D eigenvalue weighted by Gasteiger charge is -2.10. The second kappa shape index (κ2) is 3.01. The van der Waals surface area contributed by atoms with E-state index in [0.717, 1.165) is 16.7 Å². The van der Waals surface area contributed by atoms with Crippen molar-refractivity contribution >= 4 is 16.7 Å². The normalized spacial score (nSPS) is 10.3. The van der Waals surface area contributed by atoms with E-state index in [4.69, 9.17) is 0 Å². The first-order valence-corrected chi connectivity index (χ1v) is 4.15. The molecule has 0 N–H and O–H groups in total. The molecule has 66 valence electrons. The number of pyridine rings is 2. The van der Waals surface area contributed by atoms with Crippen LogP contribution in [0.25, 0.3) is 10.9 Å². The fraction of sp³-hybridized carbons (Fsp3) is 0.200. The van der Waals surface area contributed by atoms with Gasteiger partial charge in [0.05, 0.1) is 11.7 Å². The zero-order valence-corrected chi connectivity index (χ0v) is 7.73. The maximum Gasteiger partial charge on any atom is 0.128 e. The summed E-state index contributed by atoms with van der Waals surface area (Å²) in [7, 11) is 3.95. The molecular weight excluding hydrogens is 162 g/mol. The van der Waals surface area contributed by atoms with Gasteiger partial charge in [-0.05, 0) is 18.2 Å². The summed E-state index contributed by atoms with van der Waals surface area (Å²) in [5.41, 5.74) is 0.939. The van der Waals surface area contributed by atoms with Gasteiger partial charge in [-0.15, -0.1) is 0 Å². The Bertz CT molecular complexity index is 423. The summed E-state index contributed by atoms with van der Waals surface area (Å²) in [5.74, 6) is 0.959. The molecule has 3 heteroatoms. The molecule has 0 saturated carbocycles. The molecule has 13 heavy (non-hydrogen) atoms. The van der Waals surface area contributed by atoms with E-state index in [9.17, 15) is 0 Å². The average Bonchev–Trinajstić information content (AvgIpc) is 2.17. The molecule has 0 radical (unpaired) electrons. The fourth-order valence-corrected chi connectivity index (χ4v) is 1.21. The van der Waals surface area contributed by atoms with Gasteiger partial charge in [0.2, 0.25) is 0 Å². The van der Waals surface area contributed by atoms with Crippen molar-refractivity contribution in [3.63, 3.8) is 0 Å². The second-order valence-electron chi connectivity index (χ2n) is 3.13. The Morgan fingerprint density at radius 1 is 1.15 bits per heavy atom. The summed E-state index contributed by atoms with van der Waals surface area (Å²) in [4.78, 5) is 10.4. The molecule has 0 saturated heterocycles. The first kappa shape index (κ1) is 7.98. The first-order valence-electron chi connectivity index (χ1n) is 4.15. The highest BCUT2D eigenvalue weighted by Gasteiger charge is 1.98. The highest BCUT2D eigenvalue weighted by atomic mass is 15.1. The average molecular weight is 173 g/mol. The minimum absolute atomic E-state index is 0.939. The van der Waals surface area contributed by atoms with E-state index < -0.39 is 0 Å². The van der Waals surface area contributed by atoms with Crippen LogP contribution in [0.15, 0.2) is 30.6 Å². The molecule has 2 heterocycles. The van der Waals surface area contributed by atoms with Gasteiger partial charge < -0.3 is 4.90 Å². The van der Waals surface area contributed by atoms with Gasteiger partial charge in [-0.25, -0.2) is 4.98 Å². The van der Waals surface area contributed by atoms with Crippen molar-refractivity contribution in [2.45, 2.75) is 0 Å². The van der Waals surface area contributed by atoms with Crippen LogP contribution in [0.3, 0.4) is 0 Å². The molecule has 2 aromatic rings. The molecule has 0 bridgehead atoms. The van der Waals surface area contributed by atoms with Gasteiger partial charge in [-0.3, -0.25) is 4.98 Å². The molecule has 0 aliphatic carbocycles. The van der Waals surface area contributed by atoms with E-state index in [1.807, 2.05) is 31.1 Å². The van der Waals surface area contributed by atoms with Crippen LogP contribution in [-0.2, 0) is 0 Å². The molecule has 2 rings (SSSR count). The van der Waals surface area contributed by atoms with Crippen molar-refractivity contribution in [1.82, 2.24) is 9.97 Å². The molecular formula is C10H11N3. The van der Waals surface area contributed by atoms with Crippen LogP contribution in [0.5, 0.6) is 0 Å². The summed E-state index contributed by atoms with van der Waals surface area (Å²) < 4.78 is 0. The first-order chi connectivity index (χ1) is 6.27. The maximum absolute atomic E-state index is 4.44. The van der Waals surface area contributed by atoms with Gasteiger partial charge in [0, 0.05) is 25.7 Å². The molecule has 0 spiro atoms. The van der Waals surface area contributed by atoms with E-state index in [1.54, 1.807) is 12.4 Å². The molecule has 0 aliphatic rings. The zero-order chi connectivity index (χ0) is 9.26. The van der Waals surface area contributed by atoms with E-state index in [1.165, 1.54) is 0 Å². The van der Waals surface area contributed by atoms with Crippen LogP contribution in [0.1, 0.15) is 0 Å². The van der Waals surface area contributed by atoms with Crippen molar-refractivity contribution in [2.75, 3.05) is 19.0 Å². The van der Waals surface area contributed by atoms with Crippen LogP contribution in [0.2, 0.25) is 0 Å². The van der Waals surface area contributed by atoms with Gasteiger partial charge >= 0.3 is 0 Å². The lowest BCUT2D eigenvalue weighted by molar-refractivity contribution is 1.08. The van der Waals surface area contributed by atoms with Gasteiger partial charge in [0.15, 0.2) is 0 Å². The highest BCUT2D eigenvalue weighted by Crippen LogP contribution is 2.14. The Kier molecular flexibility index (Phi) is 1.85. The Morgan fingerprint density at radius 2 is 2.00 bits per heavy atom. The maximum atomic E-state index is 4.44. The molecule has 0 aromatic carbocycles. The van der Waals surface area contributed by atoms with Gasteiger partial charge in [0.25, 0.3) is 0 Å². The molecule has 0 unspecified atom stereocenters. The number of aromatic nitrogens is 2. The Hall–Kier alpha value is -1.64. The summed E-state index contributed by atoms with van der Waals surface area (Å²) in [5, 5.41) is 1.13. The van der Waals surface area contributed by atoms with Crippen LogP contribution in [0.4, 0.5) is 5.82 Å². The third-order valence-corrected chi connectivity index (χ3v) is 1.94. The van der Waals surface area contributed by atoms with Crippen LogP contribution >= 0.6 is 0 Å². The fourth-order valence-electron chi connectivity index (χ4n) is 1.21. The molecule has 2 aromatic heterocycles. The monoisotopic (exact) mass is 173 g/mol. The third-order valence-electron chi connectivity index (χ3n) is 1.94.